The molecule has 0 saturated carbocycles. The Morgan fingerprint density at radius 1 is 1.19 bits per heavy atom. The van der Waals surface area contributed by atoms with Crippen LogP contribution < -0.4 is 5.32 Å². The maximum absolute atomic E-state index is 4.39. The highest BCUT2D eigenvalue weighted by Crippen LogP contribution is 2.20. The van der Waals surface area contributed by atoms with Crippen LogP contribution in [-0.4, -0.2) is 14.8 Å². The first-order valence-corrected chi connectivity index (χ1v) is 7.47. The van der Waals surface area contributed by atoms with E-state index < -0.39 is 0 Å². The summed E-state index contributed by atoms with van der Waals surface area (Å²) in [7, 11) is 0. The second-order valence-corrected chi connectivity index (χ2v) is 5.62. The van der Waals surface area contributed by atoms with Crippen LogP contribution in [0.2, 0.25) is 0 Å². The normalized spacial score (nSPS) is 10.6. The Morgan fingerprint density at radius 3 is 2.86 bits per heavy atom. The van der Waals surface area contributed by atoms with E-state index in [0.717, 1.165) is 22.5 Å². The maximum atomic E-state index is 4.39. The van der Waals surface area contributed by atoms with Crippen LogP contribution in [0, 0.1) is 6.92 Å². The van der Waals surface area contributed by atoms with E-state index in [1.54, 1.807) is 17.1 Å². The van der Waals surface area contributed by atoms with Crippen LogP contribution in [0.4, 0.5) is 5.69 Å². The predicted molar refractivity (Wildman–Crippen MR) is 87.6 cm³/mol. The molecule has 3 aromatic rings. The van der Waals surface area contributed by atoms with E-state index in [-0.39, 0.29) is 0 Å². The minimum Gasteiger partial charge on any atom is -0.378 e. The molecule has 0 radical (unpaired) electrons. The molecule has 0 saturated heterocycles. The summed E-state index contributed by atoms with van der Waals surface area (Å²) in [4.78, 5) is 4.39. The Bertz CT molecular complexity index is 738. The first-order valence-electron chi connectivity index (χ1n) is 6.68. The van der Waals surface area contributed by atoms with Crippen molar-refractivity contribution in [1.29, 1.82) is 0 Å². The van der Waals surface area contributed by atoms with Crippen molar-refractivity contribution >= 4 is 21.6 Å². The van der Waals surface area contributed by atoms with Gasteiger partial charge < -0.3 is 5.32 Å². The van der Waals surface area contributed by atoms with Gasteiger partial charge in [-0.3, -0.25) is 0 Å². The zero-order valence-corrected chi connectivity index (χ0v) is 13.2. The molecular formula is C16H15BrN4. The monoisotopic (exact) mass is 342 g/mol. The number of hydrogen-bond donors (Lipinski definition) is 1. The van der Waals surface area contributed by atoms with Crippen molar-refractivity contribution < 1.29 is 0 Å². The van der Waals surface area contributed by atoms with Crippen molar-refractivity contribution in [2.45, 2.75) is 13.5 Å². The van der Waals surface area contributed by atoms with E-state index in [2.05, 4.69) is 56.5 Å². The zero-order valence-electron chi connectivity index (χ0n) is 11.6. The van der Waals surface area contributed by atoms with Crippen molar-refractivity contribution in [3.05, 3.63) is 70.6 Å². The number of rotatable bonds is 4. The number of nitrogens with one attached hydrogen (secondary N) is 1. The SMILES string of the molecule is Cc1ccc(CNc2cccnc2-n2cccn2)cc1Br. The van der Waals surface area contributed by atoms with Crippen LogP contribution in [0.5, 0.6) is 0 Å². The fourth-order valence-corrected chi connectivity index (χ4v) is 2.48. The van der Waals surface area contributed by atoms with E-state index in [0.29, 0.717) is 0 Å². The summed E-state index contributed by atoms with van der Waals surface area (Å²) < 4.78 is 2.88. The average molecular weight is 343 g/mol. The van der Waals surface area contributed by atoms with Crippen LogP contribution in [0.15, 0.2) is 59.5 Å². The van der Waals surface area contributed by atoms with E-state index in [1.165, 1.54) is 11.1 Å². The average Bonchev–Trinajstić information content (AvgIpc) is 3.03. The highest BCUT2D eigenvalue weighted by atomic mass is 79.9. The topological polar surface area (TPSA) is 42.7 Å². The fourth-order valence-electron chi connectivity index (χ4n) is 2.06. The number of aromatic nitrogens is 3. The standard InChI is InChI=1S/C16H15BrN4/c1-12-5-6-13(10-14(12)17)11-19-15-4-2-7-18-16(15)21-9-3-8-20-21/h2-10,19H,11H2,1H3. The van der Waals surface area contributed by atoms with Gasteiger partial charge in [0.05, 0.1) is 5.69 Å². The van der Waals surface area contributed by atoms with Crippen LogP contribution in [0.3, 0.4) is 0 Å². The van der Waals surface area contributed by atoms with Gasteiger partial charge in [0.25, 0.3) is 0 Å². The first-order chi connectivity index (χ1) is 10.2. The molecule has 0 aliphatic carbocycles. The number of halogens is 1. The van der Waals surface area contributed by atoms with Crippen molar-refractivity contribution in [3.8, 4) is 5.82 Å². The third-order valence-electron chi connectivity index (χ3n) is 3.23. The third kappa shape index (κ3) is 3.13. The van der Waals surface area contributed by atoms with Gasteiger partial charge in [-0.05, 0) is 42.3 Å². The first kappa shape index (κ1) is 13.8. The van der Waals surface area contributed by atoms with Gasteiger partial charge in [-0.15, -0.1) is 0 Å². The molecule has 3 rings (SSSR count). The Kier molecular flexibility index (Phi) is 4.01. The van der Waals surface area contributed by atoms with Gasteiger partial charge in [-0.2, -0.15) is 5.10 Å². The van der Waals surface area contributed by atoms with Gasteiger partial charge in [0.1, 0.15) is 0 Å². The molecule has 0 aliphatic rings. The van der Waals surface area contributed by atoms with Crippen molar-refractivity contribution in [2.24, 2.45) is 0 Å². The number of pyridine rings is 1. The van der Waals surface area contributed by atoms with Crippen LogP contribution in [0.1, 0.15) is 11.1 Å². The Balaban J connectivity index is 1.81. The number of benzene rings is 1. The van der Waals surface area contributed by atoms with Gasteiger partial charge in [0, 0.05) is 29.6 Å². The minimum absolute atomic E-state index is 0.735. The van der Waals surface area contributed by atoms with Crippen LogP contribution >= 0.6 is 15.9 Å². The van der Waals surface area contributed by atoms with E-state index in [4.69, 9.17) is 0 Å². The number of nitrogens with zero attached hydrogens (tertiary/aromatic N) is 3. The van der Waals surface area contributed by atoms with E-state index >= 15 is 0 Å². The van der Waals surface area contributed by atoms with Gasteiger partial charge >= 0.3 is 0 Å². The lowest BCUT2D eigenvalue weighted by Gasteiger charge is -2.11. The molecule has 1 aromatic carbocycles. The summed E-state index contributed by atoms with van der Waals surface area (Å²) in [6.07, 6.45) is 5.40. The fraction of sp³-hybridized carbons (Fsp3) is 0.125. The number of hydrogen-bond acceptors (Lipinski definition) is 3. The van der Waals surface area contributed by atoms with E-state index in [9.17, 15) is 0 Å². The molecule has 0 spiro atoms. The molecular weight excluding hydrogens is 328 g/mol. The zero-order chi connectivity index (χ0) is 14.7. The maximum Gasteiger partial charge on any atom is 0.176 e. The lowest BCUT2D eigenvalue weighted by Crippen LogP contribution is -2.06. The minimum atomic E-state index is 0.735. The highest BCUT2D eigenvalue weighted by molar-refractivity contribution is 9.10. The summed E-state index contributed by atoms with van der Waals surface area (Å²) in [5.74, 6) is 0.800. The molecule has 21 heavy (non-hydrogen) atoms. The summed E-state index contributed by atoms with van der Waals surface area (Å²) in [6, 6.07) is 12.2. The number of anilines is 1. The van der Waals surface area contributed by atoms with Crippen molar-refractivity contribution in [1.82, 2.24) is 14.8 Å². The van der Waals surface area contributed by atoms with Crippen LogP contribution in [-0.2, 0) is 6.54 Å². The molecule has 2 aromatic heterocycles. The quantitative estimate of drug-likeness (QED) is 0.780. The van der Waals surface area contributed by atoms with Crippen LogP contribution in [0.25, 0.3) is 5.82 Å². The van der Waals surface area contributed by atoms with Crippen molar-refractivity contribution in [2.75, 3.05) is 5.32 Å². The molecule has 0 bridgehead atoms. The molecule has 4 nitrogen and oxygen atoms in total. The van der Waals surface area contributed by atoms with E-state index in [1.807, 2.05) is 24.4 Å². The summed E-state index contributed by atoms with van der Waals surface area (Å²) in [6.45, 7) is 2.82. The Labute approximate surface area is 132 Å². The molecule has 0 aliphatic heterocycles. The largest absolute Gasteiger partial charge is 0.378 e. The predicted octanol–water partition coefficient (Wildman–Crippen LogP) is 3.95. The molecule has 0 fully saturated rings. The lowest BCUT2D eigenvalue weighted by molar-refractivity contribution is 0.846. The molecule has 0 unspecified atom stereocenters. The Hall–Kier alpha value is -2.14. The van der Waals surface area contributed by atoms with Gasteiger partial charge in [-0.1, -0.05) is 28.1 Å². The second kappa shape index (κ2) is 6.10. The molecule has 0 atom stereocenters. The highest BCUT2D eigenvalue weighted by Gasteiger charge is 2.06. The van der Waals surface area contributed by atoms with Crippen molar-refractivity contribution in [3.63, 3.8) is 0 Å². The molecule has 5 heteroatoms. The molecule has 2 heterocycles. The lowest BCUT2D eigenvalue weighted by atomic mass is 10.1. The van der Waals surface area contributed by atoms with Gasteiger partial charge in [0.2, 0.25) is 0 Å². The van der Waals surface area contributed by atoms with Gasteiger partial charge in [0.15, 0.2) is 5.82 Å². The second-order valence-electron chi connectivity index (χ2n) is 4.76. The summed E-state index contributed by atoms with van der Waals surface area (Å²) >= 11 is 3.56. The summed E-state index contributed by atoms with van der Waals surface area (Å²) in [5.41, 5.74) is 3.40. The smallest absolute Gasteiger partial charge is 0.176 e. The molecule has 0 amide bonds. The summed E-state index contributed by atoms with van der Waals surface area (Å²) in [5, 5.41) is 7.65. The Morgan fingerprint density at radius 2 is 2.10 bits per heavy atom. The number of aryl methyl sites for hydroxylation is 1. The molecule has 106 valence electrons. The third-order valence-corrected chi connectivity index (χ3v) is 4.08. The molecule has 1 N–H and O–H groups in total. The van der Waals surface area contributed by atoms with Gasteiger partial charge in [-0.25, -0.2) is 9.67 Å².